The number of hydrogen-bond donors (Lipinski definition) is 1. The van der Waals surface area contributed by atoms with Crippen molar-refractivity contribution in [2.75, 3.05) is 7.11 Å². The summed E-state index contributed by atoms with van der Waals surface area (Å²) < 4.78 is 45.3. The first-order chi connectivity index (χ1) is 11.2. The van der Waals surface area contributed by atoms with Gasteiger partial charge in [-0.25, -0.2) is 22.5 Å². The Morgan fingerprint density at radius 1 is 1.38 bits per heavy atom. The Bertz CT molecular complexity index is 1070. The van der Waals surface area contributed by atoms with Crippen molar-refractivity contribution in [3.05, 3.63) is 45.8 Å². The molecule has 10 heteroatoms. The van der Waals surface area contributed by atoms with Crippen LogP contribution in [-0.4, -0.2) is 25.1 Å². The number of halogens is 3. The normalized spacial score (nSPS) is 11.9. The molecule has 0 radical (unpaired) electrons. The van der Waals surface area contributed by atoms with Crippen LogP contribution in [0.2, 0.25) is 5.02 Å². The number of methoxy groups -OCH3 is 1. The fraction of sp³-hybridized carbons (Fsp3) is 0.0714. The number of nitrogens with two attached hydrogens (primary N) is 1. The van der Waals surface area contributed by atoms with E-state index in [9.17, 15) is 12.8 Å². The van der Waals surface area contributed by atoms with Crippen LogP contribution in [0.25, 0.3) is 16.8 Å². The molecule has 2 aromatic heterocycles. The number of nitrogens with zero attached hydrogens (tertiary/aromatic N) is 2. The van der Waals surface area contributed by atoms with E-state index in [1.165, 1.54) is 36.0 Å². The molecule has 0 fully saturated rings. The Labute approximate surface area is 150 Å². The van der Waals surface area contributed by atoms with Crippen molar-refractivity contribution in [3.8, 4) is 17.0 Å². The standard InChI is InChI=1S/C14H10BrClFN3O3S/c1-23-12-4-8(10(17)5-9(12)15)13-14(24(18,21)22)11-3-2-7(16)6-20(11)19-13/h2-6H,1H3,(H2,18,21,22). The summed E-state index contributed by atoms with van der Waals surface area (Å²) >= 11 is 9.06. The number of aromatic nitrogens is 2. The van der Waals surface area contributed by atoms with E-state index < -0.39 is 15.8 Å². The molecular weight excluding hydrogens is 425 g/mol. The average Bonchev–Trinajstić information content (AvgIpc) is 2.85. The predicted octanol–water partition coefficient (Wildman–Crippen LogP) is 3.21. The van der Waals surface area contributed by atoms with Gasteiger partial charge in [-0.15, -0.1) is 0 Å². The number of sulfonamides is 1. The molecule has 0 bridgehead atoms. The average molecular weight is 435 g/mol. The van der Waals surface area contributed by atoms with E-state index in [4.69, 9.17) is 21.5 Å². The molecule has 0 aliphatic carbocycles. The highest BCUT2D eigenvalue weighted by Gasteiger charge is 2.26. The predicted molar refractivity (Wildman–Crippen MR) is 91.2 cm³/mol. The summed E-state index contributed by atoms with van der Waals surface area (Å²) in [6.45, 7) is 0. The summed E-state index contributed by atoms with van der Waals surface area (Å²) in [4.78, 5) is -0.289. The first kappa shape index (κ1) is 17.2. The molecule has 6 nitrogen and oxygen atoms in total. The van der Waals surface area contributed by atoms with Crippen LogP contribution in [-0.2, 0) is 10.0 Å². The minimum Gasteiger partial charge on any atom is -0.496 e. The molecule has 3 rings (SSSR count). The third-order valence-corrected chi connectivity index (χ3v) is 5.14. The van der Waals surface area contributed by atoms with Crippen molar-refractivity contribution in [1.29, 1.82) is 0 Å². The van der Waals surface area contributed by atoms with Gasteiger partial charge in [0, 0.05) is 11.8 Å². The lowest BCUT2D eigenvalue weighted by molar-refractivity contribution is 0.411. The topological polar surface area (TPSA) is 86.7 Å². The summed E-state index contributed by atoms with van der Waals surface area (Å²) in [5.41, 5.74) is 0.0140. The zero-order chi connectivity index (χ0) is 17.6. The monoisotopic (exact) mass is 433 g/mol. The smallest absolute Gasteiger partial charge is 0.242 e. The number of fused-ring (bicyclic) bond motifs is 1. The molecule has 0 unspecified atom stereocenters. The van der Waals surface area contributed by atoms with Crippen molar-refractivity contribution in [2.24, 2.45) is 5.14 Å². The van der Waals surface area contributed by atoms with Crippen LogP contribution >= 0.6 is 27.5 Å². The fourth-order valence-corrected chi connectivity index (χ4v) is 3.83. The van der Waals surface area contributed by atoms with E-state index in [0.717, 1.165) is 6.07 Å². The lowest BCUT2D eigenvalue weighted by atomic mass is 10.1. The van der Waals surface area contributed by atoms with Crippen LogP contribution in [0.5, 0.6) is 5.75 Å². The van der Waals surface area contributed by atoms with Gasteiger partial charge in [0.2, 0.25) is 10.0 Å². The zero-order valence-electron chi connectivity index (χ0n) is 12.1. The maximum Gasteiger partial charge on any atom is 0.242 e. The van der Waals surface area contributed by atoms with Crippen LogP contribution < -0.4 is 9.88 Å². The number of primary sulfonamides is 1. The van der Waals surface area contributed by atoms with Crippen LogP contribution in [0, 0.1) is 5.82 Å². The summed E-state index contributed by atoms with van der Waals surface area (Å²) in [6, 6.07) is 5.46. The molecule has 0 saturated heterocycles. The van der Waals surface area contributed by atoms with Gasteiger partial charge in [0.1, 0.15) is 22.2 Å². The molecule has 0 aliphatic rings. The van der Waals surface area contributed by atoms with Gasteiger partial charge in [0.05, 0.1) is 22.1 Å². The molecule has 0 spiro atoms. The third-order valence-electron chi connectivity index (χ3n) is 3.33. The third kappa shape index (κ3) is 2.88. The maximum atomic E-state index is 14.4. The van der Waals surface area contributed by atoms with Gasteiger partial charge in [-0.1, -0.05) is 11.6 Å². The molecule has 2 N–H and O–H groups in total. The second kappa shape index (κ2) is 5.99. The van der Waals surface area contributed by atoms with Crippen molar-refractivity contribution >= 4 is 43.1 Å². The van der Waals surface area contributed by atoms with Gasteiger partial charge >= 0.3 is 0 Å². The van der Waals surface area contributed by atoms with Gasteiger partial charge in [0.25, 0.3) is 0 Å². The second-order valence-electron chi connectivity index (χ2n) is 4.87. The molecule has 1 aromatic carbocycles. The van der Waals surface area contributed by atoms with Crippen molar-refractivity contribution in [2.45, 2.75) is 4.90 Å². The molecular formula is C14H10BrClFN3O3S. The highest BCUT2D eigenvalue weighted by molar-refractivity contribution is 9.10. The summed E-state index contributed by atoms with van der Waals surface area (Å²) in [7, 11) is -2.76. The fourth-order valence-electron chi connectivity index (χ4n) is 2.32. The van der Waals surface area contributed by atoms with Gasteiger partial charge < -0.3 is 4.74 Å². The van der Waals surface area contributed by atoms with Crippen LogP contribution in [0.3, 0.4) is 0 Å². The SMILES string of the molecule is COc1cc(-c2nn3cc(Cl)ccc3c2S(N)(=O)=O)c(F)cc1Br. The minimum absolute atomic E-state index is 0.0566. The van der Waals surface area contributed by atoms with E-state index in [-0.39, 0.29) is 21.7 Å². The molecule has 126 valence electrons. The van der Waals surface area contributed by atoms with Crippen LogP contribution in [0.1, 0.15) is 0 Å². The molecule has 0 saturated carbocycles. The highest BCUT2D eigenvalue weighted by Crippen LogP contribution is 2.36. The molecule has 0 amide bonds. The first-order valence-electron chi connectivity index (χ1n) is 6.46. The summed E-state index contributed by atoms with van der Waals surface area (Å²) in [5.74, 6) is -0.357. The highest BCUT2D eigenvalue weighted by atomic mass is 79.9. The first-order valence-corrected chi connectivity index (χ1v) is 9.18. The number of pyridine rings is 1. The van der Waals surface area contributed by atoms with E-state index in [1.54, 1.807) is 0 Å². The van der Waals surface area contributed by atoms with Crippen molar-refractivity contribution in [3.63, 3.8) is 0 Å². The minimum atomic E-state index is -4.17. The Hall–Kier alpha value is -1.68. The maximum absolute atomic E-state index is 14.4. The number of ether oxygens (including phenoxy) is 1. The van der Waals surface area contributed by atoms with Crippen LogP contribution in [0.15, 0.2) is 39.8 Å². The van der Waals surface area contributed by atoms with E-state index >= 15 is 0 Å². The van der Waals surface area contributed by atoms with Crippen molar-refractivity contribution < 1.29 is 17.5 Å². The van der Waals surface area contributed by atoms with Gasteiger partial charge in [0.15, 0.2) is 0 Å². The molecule has 2 heterocycles. The number of rotatable bonds is 3. The van der Waals surface area contributed by atoms with Gasteiger partial charge in [-0.2, -0.15) is 5.10 Å². The lowest BCUT2D eigenvalue weighted by Crippen LogP contribution is -2.13. The lowest BCUT2D eigenvalue weighted by Gasteiger charge is -2.08. The second-order valence-corrected chi connectivity index (χ2v) is 7.66. The largest absolute Gasteiger partial charge is 0.496 e. The Morgan fingerprint density at radius 3 is 2.71 bits per heavy atom. The van der Waals surface area contributed by atoms with E-state index in [0.29, 0.717) is 15.2 Å². The van der Waals surface area contributed by atoms with Gasteiger partial charge in [-0.05, 0) is 40.2 Å². The molecule has 0 atom stereocenters. The van der Waals surface area contributed by atoms with Crippen LogP contribution in [0.4, 0.5) is 4.39 Å². The zero-order valence-corrected chi connectivity index (χ0v) is 15.3. The number of benzene rings is 1. The molecule has 0 aliphatic heterocycles. The summed E-state index contributed by atoms with van der Waals surface area (Å²) in [6.07, 6.45) is 1.41. The Morgan fingerprint density at radius 2 is 2.08 bits per heavy atom. The summed E-state index contributed by atoms with van der Waals surface area (Å²) in [5, 5.41) is 9.79. The molecule has 24 heavy (non-hydrogen) atoms. The van der Waals surface area contributed by atoms with Gasteiger partial charge in [-0.3, -0.25) is 0 Å². The quantitative estimate of drug-likeness (QED) is 0.686. The Balaban J connectivity index is 2.43. The number of hydrogen-bond acceptors (Lipinski definition) is 4. The van der Waals surface area contributed by atoms with E-state index in [1.807, 2.05) is 0 Å². The van der Waals surface area contributed by atoms with E-state index in [2.05, 4.69) is 21.0 Å². The van der Waals surface area contributed by atoms with Crippen molar-refractivity contribution in [1.82, 2.24) is 9.61 Å². The Kier molecular flexibility index (Phi) is 4.28. The molecule has 3 aromatic rings.